The highest BCUT2D eigenvalue weighted by Crippen LogP contribution is 2.46. The van der Waals surface area contributed by atoms with Crippen molar-refractivity contribution in [2.24, 2.45) is 5.41 Å². The number of hydrogen-bond acceptors (Lipinski definition) is 6. The topological polar surface area (TPSA) is 74.3 Å². The molecule has 1 aromatic rings. The number of carbonyl (C=O) groups is 2. The van der Waals surface area contributed by atoms with Gasteiger partial charge in [-0.1, -0.05) is 6.07 Å². The first-order chi connectivity index (χ1) is 13.4. The van der Waals surface area contributed by atoms with E-state index in [4.69, 9.17) is 18.9 Å². The van der Waals surface area contributed by atoms with Crippen molar-refractivity contribution in [1.29, 1.82) is 0 Å². The van der Waals surface area contributed by atoms with Gasteiger partial charge in [-0.2, -0.15) is 0 Å². The van der Waals surface area contributed by atoms with Gasteiger partial charge in [-0.25, -0.2) is 4.79 Å². The molecular weight excluding hydrogens is 362 g/mol. The smallest absolute Gasteiger partial charge is 0.409 e. The van der Waals surface area contributed by atoms with Crippen molar-refractivity contribution in [1.82, 2.24) is 4.90 Å². The van der Waals surface area contributed by atoms with Gasteiger partial charge in [-0.15, -0.1) is 0 Å². The monoisotopic (exact) mass is 391 g/mol. The minimum absolute atomic E-state index is 0.186. The zero-order valence-corrected chi connectivity index (χ0v) is 17.0. The Bertz CT molecular complexity index is 730. The Balaban J connectivity index is 1.94. The summed E-state index contributed by atoms with van der Waals surface area (Å²) in [6.07, 6.45) is 4.15. The molecule has 0 aromatic heterocycles. The number of esters is 1. The average Bonchev–Trinajstić information content (AvgIpc) is 3.35. The largest absolute Gasteiger partial charge is 0.493 e. The second kappa shape index (κ2) is 8.29. The van der Waals surface area contributed by atoms with Gasteiger partial charge in [0.05, 0.1) is 32.8 Å². The first kappa shape index (κ1) is 20.3. The van der Waals surface area contributed by atoms with E-state index in [-0.39, 0.29) is 24.5 Å². The first-order valence-electron chi connectivity index (χ1n) is 9.68. The summed E-state index contributed by atoms with van der Waals surface area (Å²) in [4.78, 5) is 26.2. The molecule has 2 aliphatic rings. The highest BCUT2D eigenvalue weighted by Gasteiger charge is 2.52. The summed E-state index contributed by atoms with van der Waals surface area (Å²) in [5, 5.41) is 0. The maximum absolute atomic E-state index is 12.6. The molecule has 2 atom stereocenters. The lowest BCUT2D eigenvalue weighted by Crippen LogP contribution is -2.37. The highest BCUT2D eigenvalue weighted by atomic mass is 16.5. The molecule has 1 aromatic carbocycles. The van der Waals surface area contributed by atoms with Crippen molar-refractivity contribution < 1.29 is 28.5 Å². The fourth-order valence-corrected chi connectivity index (χ4v) is 4.36. The summed E-state index contributed by atoms with van der Waals surface area (Å²) in [5.41, 5.74) is 0.0374. The summed E-state index contributed by atoms with van der Waals surface area (Å²) in [5.74, 6) is 0.753. The molecule has 1 saturated carbocycles. The van der Waals surface area contributed by atoms with Crippen LogP contribution >= 0.6 is 0 Å². The fraction of sp³-hybridized carbons (Fsp3) is 0.619. The quantitative estimate of drug-likeness (QED) is 0.717. The van der Waals surface area contributed by atoms with E-state index in [0.29, 0.717) is 18.0 Å². The second-order valence-electron chi connectivity index (χ2n) is 7.75. The standard InChI is InChI=1S/C21H29NO6/c1-21(19(23)26-3)13-22(20(24)27-4)12-16(21)14-9-10-17(25-2)18(11-14)28-15-7-5-6-8-15/h9-11,15-16H,5-8,12-13H2,1-4H3/t16-,21+/m1/s1. The lowest BCUT2D eigenvalue weighted by atomic mass is 9.76. The van der Waals surface area contributed by atoms with Crippen molar-refractivity contribution in [2.75, 3.05) is 34.4 Å². The fourth-order valence-electron chi connectivity index (χ4n) is 4.36. The summed E-state index contributed by atoms with van der Waals surface area (Å²) in [6, 6.07) is 5.72. The molecule has 7 nitrogen and oxygen atoms in total. The number of likely N-dealkylation sites (tertiary alicyclic amines) is 1. The van der Waals surface area contributed by atoms with Crippen molar-refractivity contribution >= 4 is 12.1 Å². The number of benzene rings is 1. The Kier molecular flexibility index (Phi) is 6.01. The first-order valence-corrected chi connectivity index (χ1v) is 9.68. The normalized spacial score (nSPS) is 24.9. The molecule has 3 rings (SSSR count). The third kappa shape index (κ3) is 3.75. The summed E-state index contributed by atoms with van der Waals surface area (Å²) < 4.78 is 21.6. The molecule has 1 amide bonds. The van der Waals surface area contributed by atoms with Gasteiger partial charge in [0, 0.05) is 19.0 Å². The average molecular weight is 391 g/mol. The summed E-state index contributed by atoms with van der Waals surface area (Å²) in [7, 11) is 4.32. The number of hydrogen-bond donors (Lipinski definition) is 0. The minimum atomic E-state index is -0.873. The molecule has 1 aliphatic heterocycles. The number of nitrogens with zero attached hydrogens (tertiary/aromatic N) is 1. The van der Waals surface area contributed by atoms with Gasteiger partial charge < -0.3 is 23.8 Å². The van der Waals surface area contributed by atoms with Crippen LogP contribution in [0.1, 0.15) is 44.1 Å². The number of rotatable bonds is 5. The van der Waals surface area contributed by atoms with Crippen LogP contribution in [0.25, 0.3) is 0 Å². The van der Waals surface area contributed by atoms with Gasteiger partial charge in [0.15, 0.2) is 11.5 Å². The number of carbonyl (C=O) groups excluding carboxylic acids is 2. The van der Waals surface area contributed by atoms with Crippen LogP contribution in [0.15, 0.2) is 18.2 Å². The van der Waals surface area contributed by atoms with E-state index in [2.05, 4.69) is 0 Å². The lowest BCUT2D eigenvalue weighted by molar-refractivity contribution is -0.151. The van der Waals surface area contributed by atoms with Crippen molar-refractivity contribution in [2.45, 2.75) is 44.6 Å². The van der Waals surface area contributed by atoms with Crippen LogP contribution in [-0.2, 0) is 14.3 Å². The molecule has 1 heterocycles. The third-order valence-electron chi connectivity index (χ3n) is 5.96. The Morgan fingerprint density at radius 1 is 1.07 bits per heavy atom. The van der Waals surface area contributed by atoms with Crippen LogP contribution in [-0.4, -0.2) is 57.5 Å². The van der Waals surface area contributed by atoms with Gasteiger partial charge in [0.2, 0.25) is 0 Å². The van der Waals surface area contributed by atoms with Crippen LogP contribution in [0.3, 0.4) is 0 Å². The molecule has 2 fully saturated rings. The minimum Gasteiger partial charge on any atom is -0.493 e. The number of amides is 1. The SMILES string of the molecule is COC(=O)N1C[C@H](c2ccc(OC)c(OC3CCCC3)c2)[C@@](C)(C(=O)OC)C1. The van der Waals surface area contributed by atoms with Gasteiger partial charge in [-0.3, -0.25) is 4.79 Å². The second-order valence-corrected chi connectivity index (χ2v) is 7.75. The van der Waals surface area contributed by atoms with Crippen LogP contribution in [0.4, 0.5) is 4.79 Å². The van der Waals surface area contributed by atoms with Gasteiger partial charge >= 0.3 is 12.1 Å². The molecule has 0 unspecified atom stereocenters. The molecule has 154 valence electrons. The molecule has 28 heavy (non-hydrogen) atoms. The van der Waals surface area contributed by atoms with Crippen molar-refractivity contribution in [3.05, 3.63) is 23.8 Å². The molecule has 1 aliphatic carbocycles. The molecule has 0 radical (unpaired) electrons. The predicted molar refractivity (Wildman–Crippen MR) is 103 cm³/mol. The Morgan fingerprint density at radius 3 is 2.39 bits per heavy atom. The highest BCUT2D eigenvalue weighted by molar-refractivity contribution is 5.81. The van der Waals surface area contributed by atoms with E-state index >= 15 is 0 Å². The van der Waals surface area contributed by atoms with Crippen LogP contribution in [0.2, 0.25) is 0 Å². The van der Waals surface area contributed by atoms with Crippen LogP contribution in [0, 0.1) is 5.41 Å². The van der Waals surface area contributed by atoms with Crippen molar-refractivity contribution in [3.63, 3.8) is 0 Å². The van der Waals surface area contributed by atoms with E-state index in [9.17, 15) is 9.59 Å². The zero-order chi connectivity index (χ0) is 20.3. The molecule has 7 heteroatoms. The third-order valence-corrected chi connectivity index (χ3v) is 5.96. The molecule has 0 N–H and O–H groups in total. The van der Waals surface area contributed by atoms with E-state index < -0.39 is 11.5 Å². The lowest BCUT2D eigenvalue weighted by Gasteiger charge is -2.28. The number of methoxy groups -OCH3 is 3. The molecule has 0 spiro atoms. The van der Waals surface area contributed by atoms with Crippen LogP contribution < -0.4 is 9.47 Å². The van der Waals surface area contributed by atoms with Gasteiger partial charge in [-0.05, 0) is 50.3 Å². The zero-order valence-electron chi connectivity index (χ0n) is 17.0. The summed E-state index contributed by atoms with van der Waals surface area (Å²) >= 11 is 0. The Hall–Kier alpha value is -2.44. The molecular formula is C21H29NO6. The van der Waals surface area contributed by atoms with Gasteiger partial charge in [0.25, 0.3) is 0 Å². The van der Waals surface area contributed by atoms with E-state index in [1.807, 2.05) is 25.1 Å². The number of ether oxygens (including phenoxy) is 4. The van der Waals surface area contributed by atoms with Crippen molar-refractivity contribution in [3.8, 4) is 11.5 Å². The maximum Gasteiger partial charge on any atom is 0.409 e. The molecule has 1 saturated heterocycles. The molecule has 0 bridgehead atoms. The summed E-state index contributed by atoms with van der Waals surface area (Å²) in [6.45, 7) is 2.43. The maximum atomic E-state index is 12.6. The van der Waals surface area contributed by atoms with E-state index in [1.165, 1.54) is 27.1 Å². The van der Waals surface area contributed by atoms with E-state index in [0.717, 1.165) is 18.4 Å². The Labute approximate surface area is 165 Å². The van der Waals surface area contributed by atoms with Gasteiger partial charge in [0.1, 0.15) is 0 Å². The van der Waals surface area contributed by atoms with E-state index in [1.54, 1.807) is 12.0 Å². The predicted octanol–water partition coefficient (Wildman–Crippen LogP) is 3.36. The van der Waals surface area contributed by atoms with Crippen LogP contribution in [0.5, 0.6) is 11.5 Å². The Morgan fingerprint density at radius 2 is 1.79 bits per heavy atom.